The largest absolute Gasteiger partial charge is 0.484 e. The maximum Gasteiger partial charge on any atom is 0.416 e. The highest BCUT2D eigenvalue weighted by atomic mass is 19.4. The predicted molar refractivity (Wildman–Crippen MR) is 86.1 cm³/mol. The number of hydrogen-bond donors (Lipinski definition) is 2. The Kier molecular flexibility index (Phi) is 6.41. The van der Waals surface area contributed by atoms with E-state index in [9.17, 15) is 23.1 Å². The number of ether oxygens (including phenoxy) is 1. The number of halogens is 3. The van der Waals surface area contributed by atoms with Gasteiger partial charge in [0.05, 0.1) is 6.04 Å². The van der Waals surface area contributed by atoms with E-state index in [4.69, 9.17) is 4.74 Å². The van der Waals surface area contributed by atoms with Crippen LogP contribution in [0.15, 0.2) is 60.7 Å². The molecule has 0 radical (unpaired) electrons. The fourth-order valence-corrected chi connectivity index (χ4v) is 2.25. The molecular weight excluding hydrogens is 335 g/mol. The summed E-state index contributed by atoms with van der Waals surface area (Å²) in [4.78, 5) is 11.9. The van der Waals surface area contributed by atoms with Crippen molar-refractivity contribution in [1.29, 1.82) is 0 Å². The molecule has 1 amide bonds. The first-order valence-electron chi connectivity index (χ1n) is 7.62. The monoisotopic (exact) mass is 353 g/mol. The molecule has 0 bridgehead atoms. The standard InChI is InChI=1S/C18H18F3NO3/c19-18(20,21)17(24)15(11-13-7-3-1-4-8-13)22-16(23)12-25-14-9-5-2-6-10-14/h1-10,15,17,24H,11-12H2,(H,22,23)/t15-,17+/m0/s1. The van der Waals surface area contributed by atoms with E-state index in [1.54, 1.807) is 60.7 Å². The van der Waals surface area contributed by atoms with Gasteiger partial charge >= 0.3 is 6.18 Å². The molecule has 0 aliphatic heterocycles. The SMILES string of the molecule is O=C(COc1ccccc1)N[C@@H](Cc1ccccc1)[C@@H](O)C(F)(F)F. The summed E-state index contributed by atoms with van der Waals surface area (Å²) in [7, 11) is 0. The van der Waals surface area contributed by atoms with Crippen LogP contribution in [0.1, 0.15) is 5.56 Å². The van der Waals surface area contributed by atoms with Crippen molar-refractivity contribution < 1.29 is 27.8 Å². The summed E-state index contributed by atoms with van der Waals surface area (Å²) in [6.07, 6.45) is -7.67. The van der Waals surface area contributed by atoms with Gasteiger partial charge in [-0.2, -0.15) is 13.2 Å². The van der Waals surface area contributed by atoms with E-state index in [-0.39, 0.29) is 6.42 Å². The molecule has 2 atom stereocenters. The molecule has 134 valence electrons. The molecule has 0 saturated carbocycles. The topological polar surface area (TPSA) is 58.6 Å². The molecule has 0 unspecified atom stereocenters. The first-order valence-corrected chi connectivity index (χ1v) is 7.62. The Balaban J connectivity index is 2.00. The van der Waals surface area contributed by atoms with Crippen LogP contribution in [-0.4, -0.2) is 35.9 Å². The van der Waals surface area contributed by atoms with Gasteiger partial charge < -0.3 is 15.2 Å². The van der Waals surface area contributed by atoms with Crippen LogP contribution in [0.5, 0.6) is 5.75 Å². The minimum atomic E-state index is -4.84. The van der Waals surface area contributed by atoms with Gasteiger partial charge in [0.2, 0.25) is 0 Å². The Labute approximate surface area is 143 Å². The summed E-state index contributed by atoms with van der Waals surface area (Å²) in [6, 6.07) is 15.3. The summed E-state index contributed by atoms with van der Waals surface area (Å²) >= 11 is 0. The molecule has 2 aromatic rings. The highest BCUT2D eigenvalue weighted by Crippen LogP contribution is 2.24. The minimum Gasteiger partial charge on any atom is -0.484 e. The lowest BCUT2D eigenvalue weighted by molar-refractivity contribution is -0.212. The Morgan fingerprint density at radius 1 is 1.04 bits per heavy atom. The van der Waals surface area contributed by atoms with Crippen LogP contribution in [0, 0.1) is 0 Å². The van der Waals surface area contributed by atoms with Crippen molar-refractivity contribution in [3.63, 3.8) is 0 Å². The maximum atomic E-state index is 12.9. The molecule has 0 aliphatic carbocycles. The third-order valence-electron chi connectivity index (χ3n) is 3.47. The third kappa shape index (κ3) is 6.11. The number of nitrogens with one attached hydrogen (secondary N) is 1. The Morgan fingerprint density at radius 3 is 2.16 bits per heavy atom. The summed E-state index contributed by atoms with van der Waals surface area (Å²) in [5, 5.41) is 11.8. The zero-order valence-corrected chi connectivity index (χ0v) is 13.2. The minimum absolute atomic E-state index is 0.154. The van der Waals surface area contributed by atoms with Gasteiger partial charge in [-0.15, -0.1) is 0 Å². The van der Waals surface area contributed by atoms with Crippen LogP contribution in [-0.2, 0) is 11.2 Å². The molecule has 4 nitrogen and oxygen atoms in total. The van der Waals surface area contributed by atoms with Gasteiger partial charge in [-0.3, -0.25) is 4.79 Å². The van der Waals surface area contributed by atoms with E-state index in [2.05, 4.69) is 5.32 Å². The van der Waals surface area contributed by atoms with Crippen molar-refractivity contribution in [2.24, 2.45) is 0 Å². The van der Waals surface area contributed by atoms with Crippen LogP contribution in [0.25, 0.3) is 0 Å². The number of benzene rings is 2. The molecule has 7 heteroatoms. The lowest BCUT2D eigenvalue weighted by atomic mass is 10.0. The fourth-order valence-electron chi connectivity index (χ4n) is 2.25. The lowest BCUT2D eigenvalue weighted by Crippen LogP contribution is -2.52. The highest BCUT2D eigenvalue weighted by Gasteiger charge is 2.44. The summed E-state index contributed by atoms with van der Waals surface area (Å²) < 4.78 is 43.8. The van der Waals surface area contributed by atoms with Crippen molar-refractivity contribution in [2.75, 3.05) is 6.61 Å². The normalized spacial score (nSPS) is 13.8. The summed E-state index contributed by atoms with van der Waals surface area (Å²) in [5.74, 6) is -0.318. The smallest absolute Gasteiger partial charge is 0.416 e. The van der Waals surface area contributed by atoms with Crippen LogP contribution in [0.4, 0.5) is 13.2 Å². The number of carbonyl (C=O) groups is 1. The van der Waals surface area contributed by atoms with Crippen LogP contribution in [0.2, 0.25) is 0 Å². The fraction of sp³-hybridized carbons (Fsp3) is 0.278. The Bertz CT molecular complexity index is 662. The van der Waals surface area contributed by atoms with Gasteiger partial charge in [0.1, 0.15) is 5.75 Å². The number of rotatable bonds is 7. The number of amides is 1. The van der Waals surface area contributed by atoms with E-state index in [0.29, 0.717) is 11.3 Å². The second kappa shape index (κ2) is 8.53. The number of hydrogen-bond acceptors (Lipinski definition) is 3. The summed E-state index contributed by atoms with van der Waals surface area (Å²) in [6.45, 7) is -0.445. The molecular formula is C18H18F3NO3. The maximum absolute atomic E-state index is 12.9. The van der Waals surface area contributed by atoms with E-state index in [1.165, 1.54) is 0 Å². The lowest BCUT2D eigenvalue weighted by Gasteiger charge is -2.26. The average molecular weight is 353 g/mol. The van der Waals surface area contributed by atoms with E-state index in [0.717, 1.165) is 0 Å². The molecule has 2 N–H and O–H groups in total. The molecule has 0 saturated heterocycles. The zero-order valence-electron chi connectivity index (χ0n) is 13.2. The molecule has 2 aromatic carbocycles. The van der Waals surface area contributed by atoms with Gasteiger partial charge in [-0.05, 0) is 24.1 Å². The second-order valence-electron chi connectivity index (χ2n) is 5.45. The molecule has 0 heterocycles. The molecule has 25 heavy (non-hydrogen) atoms. The molecule has 2 rings (SSSR count). The van der Waals surface area contributed by atoms with Crippen molar-refractivity contribution >= 4 is 5.91 Å². The predicted octanol–water partition coefficient (Wildman–Crippen LogP) is 2.72. The number of alkyl halides is 3. The first kappa shape index (κ1) is 18.8. The van der Waals surface area contributed by atoms with Gasteiger partial charge in [0, 0.05) is 0 Å². The van der Waals surface area contributed by atoms with Crippen molar-refractivity contribution in [2.45, 2.75) is 24.7 Å². The quantitative estimate of drug-likeness (QED) is 0.805. The van der Waals surface area contributed by atoms with Crippen LogP contribution in [0.3, 0.4) is 0 Å². The molecule has 0 aliphatic rings. The van der Waals surface area contributed by atoms with E-state index >= 15 is 0 Å². The Morgan fingerprint density at radius 2 is 1.60 bits per heavy atom. The third-order valence-corrected chi connectivity index (χ3v) is 3.47. The highest BCUT2D eigenvalue weighted by molar-refractivity contribution is 5.78. The number of aliphatic hydroxyl groups is 1. The summed E-state index contributed by atoms with van der Waals surface area (Å²) in [5.41, 5.74) is 0.570. The van der Waals surface area contributed by atoms with Gasteiger partial charge in [-0.1, -0.05) is 48.5 Å². The van der Waals surface area contributed by atoms with Crippen molar-refractivity contribution in [1.82, 2.24) is 5.32 Å². The van der Waals surface area contributed by atoms with Gasteiger partial charge in [-0.25, -0.2) is 0 Å². The van der Waals surface area contributed by atoms with Crippen LogP contribution >= 0.6 is 0 Å². The van der Waals surface area contributed by atoms with Crippen molar-refractivity contribution in [3.05, 3.63) is 66.2 Å². The molecule has 0 fully saturated rings. The van der Waals surface area contributed by atoms with Gasteiger partial charge in [0.25, 0.3) is 5.91 Å². The van der Waals surface area contributed by atoms with E-state index < -0.39 is 30.8 Å². The molecule has 0 spiro atoms. The van der Waals surface area contributed by atoms with Crippen molar-refractivity contribution in [3.8, 4) is 5.75 Å². The number of para-hydroxylation sites is 1. The Hall–Kier alpha value is -2.54. The number of carbonyl (C=O) groups excluding carboxylic acids is 1. The zero-order chi connectivity index (χ0) is 18.3. The van der Waals surface area contributed by atoms with Gasteiger partial charge in [0.15, 0.2) is 12.7 Å². The first-order chi connectivity index (χ1) is 11.9. The van der Waals surface area contributed by atoms with Crippen LogP contribution < -0.4 is 10.1 Å². The van der Waals surface area contributed by atoms with E-state index in [1.807, 2.05) is 0 Å². The molecule has 0 aromatic heterocycles. The average Bonchev–Trinajstić information content (AvgIpc) is 2.60. The number of aliphatic hydroxyl groups excluding tert-OH is 1. The second-order valence-corrected chi connectivity index (χ2v) is 5.45.